The number of unbranched alkanes of at least 4 members (excludes halogenated alkanes) is 1. The van der Waals surface area contributed by atoms with Crippen LogP contribution in [0.4, 0.5) is 0 Å². The molecule has 0 spiro atoms. The van der Waals surface area contributed by atoms with Crippen LogP contribution in [0.2, 0.25) is 0 Å². The average Bonchev–Trinajstić information content (AvgIpc) is 3.38. The Hall–Kier alpha value is -2.67. The van der Waals surface area contributed by atoms with Gasteiger partial charge >= 0.3 is 0 Å². The van der Waals surface area contributed by atoms with E-state index in [0.29, 0.717) is 18.3 Å². The lowest BCUT2D eigenvalue weighted by atomic mass is 10.1. The van der Waals surface area contributed by atoms with Crippen molar-refractivity contribution in [1.29, 1.82) is 0 Å². The third-order valence-corrected chi connectivity index (χ3v) is 5.69. The molecule has 0 radical (unpaired) electrons. The van der Waals surface area contributed by atoms with Gasteiger partial charge in [-0.2, -0.15) is 0 Å². The molecule has 7 heteroatoms. The van der Waals surface area contributed by atoms with E-state index in [4.69, 9.17) is 4.42 Å². The van der Waals surface area contributed by atoms with Gasteiger partial charge in [0.25, 0.3) is 5.91 Å². The standard InChI is InChI=1S/C22H29N5O2/c1-3-4-8-21-18(17-7-5-6-9-20(17)29-21)14-26(2)22(28)19-15-27(25-24-19)16-10-12-23-13-11-16/h5-7,9,15-16,23H,3-4,8,10-14H2,1-2H3. The third kappa shape index (κ3) is 4.19. The second-order valence-electron chi connectivity index (χ2n) is 7.83. The minimum atomic E-state index is -0.114. The number of carbonyl (C=O) groups excluding carboxylic acids is 1. The minimum absolute atomic E-state index is 0.114. The van der Waals surface area contributed by atoms with Crippen LogP contribution < -0.4 is 5.32 Å². The molecule has 3 aromatic rings. The van der Waals surface area contributed by atoms with E-state index in [1.807, 2.05) is 29.9 Å². The van der Waals surface area contributed by atoms with Gasteiger partial charge < -0.3 is 14.6 Å². The number of piperidine rings is 1. The zero-order chi connectivity index (χ0) is 20.2. The van der Waals surface area contributed by atoms with Gasteiger partial charge in [-0.15, -0.1) is 5.10 Å². The first-order valence-corrected chi connectivity index (χ1v) is 10.5. The number of amides is 1. The molecular weight excluding hydrogens is 366 g/mol. The lowest BCUT2D eigenvalue weighted by Crippen LogP contribution is -2.29. The number of nitrogens with one attached hydrogen (secondary N) is 1. The van der Waals surface area contributed by atoms with E-state index in [9.17, 15) is 4.79 Å². The highest BCUT2D eigenvalue weighted by atomic mass is 16.3. The molecule has 2 aromatic heterocycles. The highest BCUT2D eigenvalue weighted by Crippen LogP contribution is 2.28. The molecular formula is C22H29N5O2. The largest absolute Gasteiger partial charge is 0.461 e. The Morgan fingerprint density at radius 3 is 2.90 bits per heavy atom. The quantitative estimate of drug-likeness (QED) is 0.662. The van der Waals surface area contributed by atoms with Crippen molar-refractivity contribution in [1.82, 2.24) is 25.2 Å². The van der Waals surface area contributed by atoms with Crippen LogP contribution in [-0.2, 0) is 13.0 Å². The second-order valence-corrected chi connectivity index (χ2v) is 7.83. The summed E-state index contributed by atoms with van der Waals surface area (Å²) >= 11 is 0. The van der Waals surface area contributed by atoms with Gasteiger partial charge in [0.05, 0.1) is 12.2 Å². The summed E-state index contributed by atoms with van der Waals surface area (Å²) in [5, 5.41) is 12.8. The van der Waals surface area contributed by atoms with Crippen molar-refractivity contribution >= 4 is 16.9 Å². The number of furan rings is 1. The van der Waals surface area contributed by atoms with Crippen LogP contribution in [0.3, 0.4) is 0 Å². The number of benzene rings is 1. The Bertz CT molecular complexity index is 971. The smallest absolute Gasteiger partial charge is 0.276 e. The van der Waals surface area contributed by atoms with Gasteiger partial charge in [0.2, 0.25) is 0 Å². The fraction of sp³-hybridized carbons (Fsp3) is 0.500. The minimum Gasteiger partial charge on any atom is -0.461 e. The zero-order valence-electron chi connectivity index (χ0n) is 17.2. The molecule has 7 nitrogen and oxygen atoms in total. The summed E-state index contributed by atoms with van der Waals surface area (Å²) in [4.78, 5) is 14.7. The van der Waals surface area contributed by atoms with Crippen molar-refractivity contribution in [2.24, 2.45) is 0 Å². The molecule has 0 atom stereocenters. The summed E-state index contributed by atoms with van der Waals surface area (Å²) in [6.07, 6.45) is 6.86. The van der Waals surface area contributed by atoms with E-state index in [1.54, 1.807) is 11.1 Å². The van der Waals surface area contributed by atoms with Crippen molar-refractivity contribution in [3.8, 4) is 0 Å². The third-order valence-electron chi connectivity index (χ3n) is 5.69. The molecule has 1 aliphatic heterocycles. The van der Waals surface area contributed by atoms with E-state index in [-0.39, 0.29) is 5.91 Å². The molecule has 0 unspecified atom stereocenters. The van der Waals surface area contributed by atoms with Crippen LogP contribution in [-0.4, -0.2) is 45.9 Å². The van der Waals surface area contributed by atoms with Crippen molar-refractivity contribution in [3.05, 3.63) is 47.5 Å². The summed E-state index contributed by atoms with van der Waals surface area (Å²) in [5.41, 5.74) is 2.37. The second kappa shape index (κ2) is 8.78. The van der Waals surface area contributed by atoms with E-state index in [2.05, 4.69) is 28.6 Å². The molecule has 29 heavy (non-hydrogen) atoms. The van der Waals surface area contributed by atoms with Crippen molar-refractivity contribution < 1.29 is 9.21 Å². The number of aromatic nitrogens is 3. The maximum Gasteiger partial charge on any atom is 0.276 e. The zero-order valence-corrected chi connectivity index (χ0v) is 17.2. The van der Waals surface area contributed by atoms with Crippen molar-refractivity contribution in [2.45, 2.75) is 51.6 Å². The molecule has 1 aliphatic rings. The molecule has 1 saturated heterocycles. The van der Waals surface area contributed by atoms with Crippen LogP contribution >= 0.6 is 0 Å². The Labute approximate surface area is 171 Å². The number of para-hydroxylation sites is 1. The first kappa shape index (κ1) is 19.6. The Balaban J connectivity index is 1.52. The Morgan fingerprint density at radius 1 is 1.31 bits per heavy atom. The van der Waals surface area contributed by atoms with E-state index in [0.717, 1.165) is 67.5 Å². The van der Waals surface area contributed by atoms with Crippen molar-refractivity contribution in [2.75, 3.05) is 20.1 Å². The van der Waals surface area contributed by atoms with Crippen LogP contribution in [0.25, 0.3) is 11.0 Å². The SMILES string of the molecule is CCCCc1oc2ccccc2c1CN(C)C(=O)c1cn(C2CCNCC2)nn1. The van der Waals surface area contributed by atoms with Crippen molar-refractivity contribution in [3.63, 3.8) is 0 Å². The van der Waals surface area contributed by atoms with Gasteiger partial charge in [-0.3, -0.25) is 4.79 Å². The number of aryl methyl sites for hydroxylation is 1. The summed E-state index contributed by atoms with van der Waals surface area (Å²) in [6.45, 7) is 4.61. The molecule has 154 valence electrons. The molecule has 0 aliphatic carbocycles. The predicted octanol–water partition coefficient (Wildman–Crippen LogP) is 3.56. The van der Waals surface area contributed by atoms with E-state index in [1.165, 1.54) is 0 Å². The summed E-state index contributed by atoms with van der Waals surface area (Å²) in [5.74, 6) is 0.864. The van der Waals surface area contributed by atoms with E-state index < -0.39 is 0 Å². The van der Waals surface area contributed by atoms with Gasteiger partial charge in [-0.05, 0) is 38.4 Å². The van der Waals surface area contributed by atoms with Crippen LogP contribution in [0.5, 0.6) is 0 Å². The average molecular weight is 396 g/mol. The Kier molecular flexibility index (Phi) is 5.94. The topological polar surface area (TPSA) is 76.2 Å². The summed E-state index contributed by atoms with van der Waals surface area (Å²) in [6, 6.07) is 8.36. The lowest BCUT2D eigenvalue weighted by molar-refractivity contribution is 0.0779. The predicted molar refractivity (Wildman–Crippen MR) is 112 cm³/mol. The van der Waals surface area contributed by atoms with Gasteiger partial charge in [0.15, 0.2) is 5.69 Å². The molecule has 1 amide bonds. The molecule has 1 aromatic carbocycles. The fourth-order valence-electron chi connectivity index (χ4n) is 3.99. The molecule has 4 rings (SSSR count). The van der Waals surface area contributed by atoms with Crippen LogP contribution in [0.15, 0.2) is 34.9 Å². The highest BCUT2D eigenvalue weighted by Gasteiger charge is 2.23. The number of rotatable bonds is 7. The highest BCUT2D eigenvalue weighted by molar-refractivity contribution is 5.92. The van der Waals surface area contributed by atoms with E-state index >= 15 is 0 Å². The fourth-order valence-corrected chi connectivity index (χ4v) is 3.99. The molecule has 0 saturated carbocycles. The number of hydrogen-bond acceptors (Lipinski definition) is 5. The van der Waals surface area contributed by atoms with Crippen LogP contribution in [0, 0.1) is 0 Å². The van der Waals surface area contributed by atoms with Gasteiger partial charge in [0, 0.05) is 31.0 Å². The number of nitrogens with zero attached hydrogens (tertiary/aromatic N) is 4. The number of fused-ring (bicyclic) bond motifs is 1. The van der Waals surface area contributed by atoms with Gasteiger partial charge in [-0.1, -0.05) is 36.8 Å². The Morgan fingerprint density at radius 2 is 2.10 bits per heavy atom. The number of hydrogen-bond donors (Lipinski definition) is 1. The van der Waals surface area contributed by atoms with Crippen LogP contribution in [0.1, 0.15) is 60.5 Å². The first-order valence-electron chi connectivity index (χ1n) is 10.5. The summed E-state index contributed by atoms with van der Waals surface area (Å²) < 4.78 is 7.94. The first-order chi connectivity index (χ1) is 14.2. The normalized spacial score (nSPS) is 15.1. The molecule has 1 fully saturated rings. The summed E-state index contributed by atoms with van der Waals surface area (Å²) in [7, 11) is 1.82. The molecule has 3 heterocycles. The van der Waals surface area contributed by atoms with Gasteiger partial charge in [0.1, 0.15) is 11.3 Å². The lowest BCUT2D eigenvalue weighted by Gasteiger charge is -2.22. The maximum atomic E-state index is 13.0. The molecule has 1 N–H and O–H groups in total. The maximum absolute atomic E-state index is 13.0. The number of carbonyl (C=O) groups is 1. The molecule has 0 bridgehead atoms. The van der Waals surface area contributed by atoms with Gasteiger partial charge in [-0.25, -0.2) is 4.68 Å². The monoisotopic (exact) mass is 395 g/mol.